The van der Waals surface area contributed by atoms with Gasteiger partial charge in [0.05, 0.1) is 0 Å². The molecule has 0 N–H and O–H groups in total. The van der Waals surface area contributed by atoms with E-state index in [1.54, 1.807) is 7.05 Å². The highest BCUT2D eigenvalue weighted by Gasteiger charge is 2.22. The summed E-state index contributed by atoms with van der Waals surface area (Å²) in [5, 5.41) is 0. The standard InChI is InChI=1S/C7H13N3O/c1-7(2,3)10(4)6(11)5-9-8/h5H,1-4H3. The van der Waals surface area contributed by atoms with Crippen molar-refractivity contribution in [3.05, 3.63) is 5.53 Å². The Morgan fingerprint density at radius 3 is 2.27 bits per heavy atom. The first-order chi connectivity index (χ1) is 4.89. The zero-order valence-corrected chi connectivity index (χ0v) is 7.33. The van der Waals surface area contributed by atoms with Crippen molar-refractivity contribution in [3.8, 4) is 0 Å². The van der Waals surface area contributed by atoms with Crippen LogP contribution in [0.5, 0.6) is 0 Å². The number of nitrogens with zero attached hydrogens (tertiary/aromatic N) is 3. The van der Waals surface area contributed by atoms with Crippen LogP contribution in [0, 0.1) is 0 Å². The molecule has 11 heavy (non-hydrogen) atoms. The minimum atomic E-state index is -0.306. The van der Waals surface area contributed by atoms with E-state index in [9.17, 15) is 4.79 Å². The molecule has 0 bridgehead atoms. The third kappa shape index (κ3) is 2.96. The molecule has 0 saturated carbocycles. The van der Waals surface area contributed by atoms with Gasteiger partial charge in [0, 0.05) is 12.6 Å². The molecule has 0 atom stereocenters. The number of carbonyl (C=O) groups is 1. The highest BCUT2D eigenvalue weighted by molar-refractivity contribution is 6.23. The van der Waals surface area contributed by atoms with Crippen molar-refractivity contribution < 1.29 is 9.58 Å². The second-order valence-electron chi connectivity index (χ2n) is 3.31. The van der Waals surface area contributed by atoms with Gasteiger partial charge in [-0.3, -0.25) is 4.79 Å². The maximum Gasteiger partial charge on any atom is 0.344 e. The van der Waals surface area contributed by atoms with Crippen LogP contribution in [0.1, 0.15) is 20.8 Å². The summed E-state index contributed by atoms with van der Waals surface area (Å²) < 4.78 is 0. The highest BCUT2D eigenvalue weighted by atomic mass is 16.2. The average molecular weight is 155 g/mol. The molecule has 0 aromatic heterocycles. The molecule has 62 valence electrons. The van der Waals surface area contributed by atoms with E-state index >= 15 is 0 Å². The Morgan fingerprint density at radius 2 is 2.00 bits per heavy atom. The first-order valence-corrected chi connectivity index (χ1v) is 3.35. The van der Waals surface area contributed by atoms with Crippen LogP contribution in [0.25, 0.3) is 5.53 Å². The van der Waals surface area contributed by atoms with Crippen LogP contribution in [0.3, 0.4) is 0 Å². The first-order valence-electron chi connectivity index (χ1n) is 3.35. The number of carbonyl (C=O) groups excluding carboxylic acids is 1. The van der Waals surface area contributed by atoms with Gasteiger partial charge in [-0.1, -0.05) is 0 Å². The molecular weight excluding hydrogens is 142 g/mol. The summed E-state index contributed by atoms with van der Waals surface area (Å²) in [5.41, 5.74) is 7.84. The van der Waals surface area contributed by atoms with Gasteiger partial charge < -0.3 is 10.4 Å². The lowest BCUT2D eigenvalue weighted by Crippen LogP contribution is -2.43. The second-order valence-corrected chi connectivity index (χ2v) is 3.31. The van der Waals surface area contributed by atoms with Gasteiger partial charge in [-0.2, -0.15) is 4.79 Å². The van der Waals surface area contributed by atoms with E-state index in [2.05, 4.69) is 4.79 Å². The summed E-state index contributed by atoms with van der Waals surface area (Å²) >= 11 is 0. The predicted octanol–water partition coefficient (Wildman–Crippen LogP) is 0.544. The van der Waals surface area contributed by atoms with Crippen molar-refractivity contribution in [3.63, 3.8) is 0 Å². The van der Waals surface area contributed by atoms with E-state index in [0.717, 1.165) is 6.21 Å². The molecule has 0 rings (SSSR count). The fourth-order valence-corrected chi connectivity index (χ4v) is 0.467. The Kier molecular flexibility index (Phi) is 2.96. The lowest BCUT2D eigenvalue weighted by atomic mass is 10.1. The fourth-order valence-electron chi connectivity index (χ4n) is 0.467. The van der Waals surface area contributed by atoms with E-state index in [1.807, 2.05) is 20.8 Å². The Bertz CT molecular complexity index is 198. The van der Waals surface area contributed by atoms with Gasteiger partial charge in [0.2, 0.25) is 0 Å². The van der Waals surface area contributed by atoms with Crippen molar-refractivity contribution in [1.82, 2.24) is 4.90 Å². The lowest BCUT2D eigenvalue weighted by Gasteiger charge is -2.29. The van der Waals surface area contributed by atoms with Crippen LogP contribution < -0.4 is 0 Å². The molecule has 0 radical (unpaired) electrons. The van der Waals surface area contributed by atoms with Crippen LogP contribution in [0.4, 0.5) is 0 Å². The number of hydrogen-bond acceptors (Lipinski definition) is 1. The predicted molar refractivity (Wildman–Crippen MR) is 42.2 cm³/mol. The maximum atomic E-state index is 11.0. The van der Waals surface area contributed by atoms with Crippen LogP contribution in [0.2, 0.25) is 0 Å². The third-order valence-electron chi connectivity index (χ3n) is 1.50. The molecule has 0 aliphatic heterocycles. The Hall–Kier alpha value is -1.15. The van der Waals surface area contributed by atoms with Crippen molar-refractivity contribution >= 4 is 12.1 Å². The minimum absolute atomic E-state index is 0.238. The van der Waals surface area contributed by atoms with Crippen LogP contribution in [-0.2, 0) is 4.79 Å². The Morgan fingerprint density at radius 1 is 1.55 bits per heavy atom. The Labute approximate surface area is 66.4 Å². The third-order valence-corrected chi connectivity index (χ3v) is 1.50. The second kappa shape index (κ2) is 3.30. The van der Waals surface area contributed by atoms with Crippen molar-refractivity contribution in [2.24, 2.45) is 0 Å². The van der Waals surface area contributed by atoms with Gasteiger partial charge >= 0.3 is 12.1 Å². The van der Waals surface area contributed by atoms with Gasteiger partial charge in [0.1, 0.15) is 0 Å². The van der Waals surface area contributed by atoms with Gasteiger partial charge in [0.25, 0.3) is 0 Å². The average Bonchev–Trinajstić information content (AvgIpc) is 1.85. The van der Waals surface area contributed by atoms with Gasteiger partial charge in [-0.15, -0.1) is 0 Å². The van der Waals surface area contributed by atoms with Gasteiger partial charge in [0.15, 0.2) is 0 Å². The first kappa shape index (κ1) is 9.85. The molecule has 0 fully saturated rings. The lowest BCUT2D eigenvalue weighted by molar-refractivity contribution is -0.130. The minimum Gasteiger partial charge on any atom is -0.361 e. The molecule has 4 heteroatoms. The van der Waals surface area contributed by atoms with Crippen LogP contribution in [0.15, 0.2) is 0 Å². The summed E-state index contributed by atoms with van der Waals surface area (Å²) in [5.74, 6) is -0.306. The SMILES string of the molecule is CN(C(=O)C=[N+]=[N-])C(C)(C)C. The summed E-state index contributed by atoms with van der Waals surface area (Å²) in [7, 11) is 1.66. The zero-order chi connectivity index (χ0) is 9.07. The molecule has 1 amide bonds. The van der Waals surface area contributed by atoms with E-state index < -0.39 is 0 Å². The van der Waals surface area contributed by atoms with Gasteiger partial charge in [-0.05, 0) is 20.8 Å². The summed E-state index contributed by atoms with van der Waals surface area (Å²) in [4.78, 5) is 15.2. The summed E-state index contributed by atoms with van der Waals surface area (Å²) in [6.07, 6.45) is 0.880. The Balaban J connectivity index is 4.37. The van der Waals surface area contributed by atoms with Gasteiger partial charge in [-0.25, -0.2) is 0 Å². The van der Waals surface area contributed by atoms with E-state index in [0.29, 0.717) is 0 Å². The quantitative estimate of drug-likeness (QED) is 0.310. The molecular formula is C7H13N3O. The highest BCUT2D eigenvalue weighted by Crippen LogP contribution is 2.08. The van der Waals surface area contributed by atoms with Crippen molar-refractivity contribution in [2.75, 3.05) is 7.05 Å². The molecule has 4 nitrogen and oxygen atoms in total. The molecule has 0 heterocycles. The molecule has 0 unspecified atom stereocenters. The topological polar surface area (TPSA) is 56.7 Å². The zero-order valence-electron chi connectivity index (χ0n) is 7.33. The van der Waals surface area contributed by atoms with Crippen molar-refractivity contribution in [2.45, 2.75) is 26.3 Å². The molecule has 0 aromatic carbocycles. The number of rotatable bonds is 1. The van der Waals surface area contributed by atoms with Crippen LogP contribution in [-0.4, -0.2) is 34.4 Å². The van der Waals surface area contributed by atoms with Crippen LogP contribution >= 0.6 is 0 Å². The van der Waals surface area contributed by atoms with E-state index in [4.69, 9.17) is 5.53 Å². The fraction of sp³-hybridized carbons (Fsp3) is 0.714. The smallest absolute Gasteiger partial charge is 0.344 e. The monoisotopic (exact) mass is 155 g/mol. The van der Waals surface area contributed by atoms with E-state index in [-0.39, 0.29) is 11.4 Å². The normalized spacial score (nSPS) is 10.2. The van der Waals surface area contributed by atoms with E-state index in [1.165, 1.54) is 4.90 Å². The molecule has 0 aliphatic rings. The largest absolute Gasteiger partial charge is 0.361 e. The molecule has 0 spiro atoms. The van der Waals surface area contributed by atoms with Crippen molar-refractivity contribution in [1.29, 1.82) is 0 Å². The number of amides is 1. The molecule has 0 saturated heterocycles. The summed E-state index contributed by atoms with van der Waals surface area (Å²) in [6.45, 7) is 5.70. The molecule has 0 aromatic rings. The molecule has 0 aliphatic carbocycles. The maximum absolute atomic E-state index is 11.0. The summed E-state index contributed by atoms with van der Waals surface area (Å²) in [6, 6.07) is 0. The number of hydrogen-bond donors (Lipinski definition) is 0.